The van der Waals surface area contributed by atoms with Crippen LogP contribution in [0.15, 0.2) is 35.8 Å². The Kier molecular flexibility index (Phi) is 6.98. The first-order valence-electron chi connectivity index (χ1n) is 11.7. The van der Waals surface area contributed by atoms with Gasteiger partial charge < -0.3 is 20.1 Å². The van der Waals surface area contributed by atoms with E-state index in [1.54, 1.807) is 35.9 Å². The van der Waals surface area contributed by atoms with Crippen LogP contribution in [0, 0.1) is 13.8 Å². The quantitative estimate of drug-likeness (QED) is 0.475. The van der Waals surface area contributed by atoms with E-state index in [4.69, 9.17) is 15.2 Å². The summed E-state index contributed by atoms with van der Waals surface area (Å²) in [5, 5.41) is 0.702. The second-order valence-electron chi connectivity index (χ2n) is 9.01. The summed E-state index contributed by atoms with van der Waals surface area (Å²) < 4.78 is 12.8. The van der Waals surface area contributed by atoms with E-state index in [1.165, 1.54) is 6.08 Å². The summed E-state index contributed by atoms with van der Waals surface area (Å²) in [6.45, 7) is 9.63. The van der Waals surface area contributed by atoms with Gasteiger partial charge in [0.15, 0.2) is 0 Å². The minimum Gasteiger partial charge on any atom is -0.496 e. The zero-order chi connectivity index (χ0) is 26.1. The van der Waals surface area contributed by atoms with E-state index in [9.17, 15) is 9.59 Å². The molecule has 0 unspecified atom stereocenters. The Labute approximate surface area is 209 Å². The molecule has 0 saturated carbocycles. The van der Waals surface area contributed by atoms with Gasteiger partial charge in [0.25, 0.3) is 5.56 Å². The van der Waals surface area contributed by atoms with Crippen molar-refractivity contribution in [2.75, 3.05) is 46.6 Å². The number of nitrogen functional groups attached to an aromatic ring is 1. The van der Waals surface area contributed by atoms with Gasteiger partial charge >= 0.3 is 0 Å². The number of nitrogens with two attached hydrogens (primary N) is 1. The maximum absolute atomic E-state index is 13.9. The Bertz CT molecular complexity index is 1370. The van der Waals surface area contributed by atoms with Crippen molar-refractivity contribution in [2.24, 2.45) is 0 Å². The Morgan fingerprint density at radius 3 is 2.44 bits per heavy atom. The van der Waals surface area contributed by atoms with Crippen LogP contribution in [-0.2, 0) is 11.3 Å². The van der Waals surface area contributed by atoms with E-state index in [2.05, 4.69) is 21.4 Å². The Morgan fingerprint density at radius 2 is 1.86 bits per heavy atom. The van der Waals surface area contributed by atoms with Crippen molar-refractivity contribution in [3.8, 4) is 22.6 Å². The number of benzene rings is 1. The van der Waals surface area contributed by atoms with E-state index in [-0.39, 0.29) is 23.5 Å². The largest absolute Gasteiger partial charge is 0.496 e. The molecule has 2 aromatic heterocycles. The van der Waals surface area contributed by atoms with Gasteiger partial charge in [-0.15, -0.1) is 0 Å². The summed E-state index contributed by atoms with van der Waals surface area (Å²) in [5.41, 5.74) is 9.13. The molecule has 4 rings (SSSR count). The van der Waals surface area contributed by atoms with Crippen LogP contribution < -0.4 is 20.8 Å². The Morgan fingerprint density at radius 1 is 1.22 bits per heavy atom. The number of likely N-dealkylation sites (N-methyl/N-ethyl adjacent to an activating group) is 1. The molecule has 10 nitrogen and oxygen atoms in total. The number of anilines is 1. The number of pyridine rings is 1. The molecule has 36 heavy (non-hydrogen) atoms. The standard InChI is InChI=1S/C26H32N6O4/c1-7-22(33)31-13-18(14-31)30(4)8-9-32-24-17(12-28-26(27)29-24)10-19(25(32)34)23-15(2)20(35-5)11-21(36-6)16(23)3/h7,10-12,18H,1,8-9,13-14H2,2-6H3,(H2,27,28,29). The lowest BCUT2D eigenvalue weighted by atomic mass is 9.94. The number of aromatic nitrogens is 3. The van der Waals surface area contributed by atoms with Gasteiger partial charge in [0, 0.05) is 61.0 Å². The fourth-order valence-corrected chi connectivity index (χ4v) is 4.73. The molecule has 0 atom stereocenters. The van der Waals surface area contributed by atoms with E-state index in [0.717, 1.165) is 16.7 Å². The van der Waals surface area contributed by atoms with Crippen molar-refractivity contribution < 1.29 is 14.3 Å². The molecular formula is C26H32N6O4. The molecule has 1 aromatic carbocycles. The number of fused-ring (bicyclic) bond motifs is 1. The smallest absolute Gasteiger partial charge is 0.260 e. The number of hydrogen-bond donors (Lipinski definition) is 1. The zero-order valence-electron chi connectivity index (χ0n) is 21.4. The number of rotatable bonds is 8. The molecule has 190 valence electrons. The number of methoxy groups -OCH3 is 2. The predicted molar refractivity (Wildman–Crippen MR) is 139 cm³/mol. The molecule has 1 aliphatic heterocycles. The number of amides is 1. The third-order valence-electron chi connectivity index (χ3n) is 6.95. The summed E-state index contributed by atoms with van der Waals surface area (Å²) in [4.78, 5) is 38.1. The SMILES string of the molecule is C=CC(=O)N1CC(N(C)CCn2c(=O)c(-c3c(C)c(OC)cc(OC)c3C)cc3cnc(N)nc32)C1. The van der Waals surface area contributed by atoms with E-state index in [0.29, 0.717) is 54.3 Å². The molecule has 10 heteroatoms. The molecule has 3 aromatic rings. The number of likely N-dealkylation sites (tertiary alicyclic amines) is 1. The van der Waals surface area contributed by atoms with Crippen LogP contribution in [0.25, 0.3) is 22.2 Å². The molecule has 1 saturated heterocycles. The number of hydrogen-bond acceptors (Lipinski definition) is 8. The first kappa shape index (κ1) is 25.2. The molecule has 1 fully saturated rings. The fraction of sp³-hybridized carbons (Fsp3) is 0.385. The summed E-state index contributed by atoms with van der Waals surface area (Å²) in [6, 6.07) is 3.84. The Balaban J connectivity index is 1.76. The molecule has 0 radical (unpaired) electrons. The fourth-order valence-electron chi connectivity index (χ4n) is 4.73. The molecule has 2 N–H and O–H groups in total. The Hall–Kier alpha value is -3.92. The van der Waals surface area contributed by atoms with Crippen molar-refractivity contribution in [2.45, 2.75) is 26.4 Å². The average molecular weight is 493 g/mol. The normalized spacial score (nSPS) is 13.7. The first-order chi connectivity index (χ1) is 17.2. The van der Waals surface area contributed by atoms with Crippen LogP contribution >= 0.6 is 0 Å². The molecule has 1 amide bonds. The third-order valence-corrected chi connectivity index (χ3v) is 6.95. The number of nitrogens with zero attached hydrogens (tertiary/aromatic N) is 5. The monoisotopic (exact) mass is 492 g/mol. The number of carbonyl (C=O) groups is 1. The third kappa shape index (κ3) is 4.39. The predicted octanol–water partition coefficient (Wildman–Crippen LogP) is 2.00. The maximum atomic E-state index is 13.9. The highest BCUT2D eigenvalue weighted by atomic mass is 16.5. The van der Waals surface area contributed by atoms with Crippen molar-refractivity contribution in [1.29, 1.82) is 0 Å². The molecular weight excluding hydrogens is 460 g/mol. The van der Waals surface area contributed by atoms with Gasteiger partial charge in [0.05, 0.1) is 14.2 Å². The second-order valence-corrected chi connectivity index (χ2v) is 9.01. The lowest BCUT2D eigenvalue weighted by Gasteiger charge is -2.43. The number of carbonyl (C=O) groups excluding carboxylic acids is 1. The van der Waals surface area contributed by atoms with Gasteiger partial charge in [-0.25, -0.2) is 4.98 Å². The van der Waals surface area contributed by atoms with Crippen molar-refractivity contribution >= 4 is 22.9 Å². The maximum Gasteiger partial charge on any atom is 0.260 e. The van der Waals surface area contributed by atoms with Gasteiger partial charge in [-0.3, -0.25) is 19.1 Å². The minimum absolute atomic E-state index is 0.0683. The topological polar surface area (TPSA) is 116 Å². The molecule has 0 spiro atoms. The highest BCUT2D eigenvalue weighted by Gasteiger charge is 2.32. The summed E-state index contributed by atoms with van der Waals surface area (Å²) in [6.07, 6.45) is 2.96. The van der Waals surface area contributed by atoms with E-state index in [1.807, 2.05) is 27.0 Å². The van der Waals surface area contributed by atoms with Crippen LogP contribution in [0.4, 0.5) is 5.95 Å². The summed E-state index contributed by atoms with van der Waals surface area (Å²) in [5.74, 6) is 1.30. The lowest BCUT2D eigenvalue weighted by molar-refractivity contribution is -0.132. The van der Waals surface area contributed by atoms with Crippen LogP contribution in [0.5, 0.6) is 11.5 Å². The van der Waals surface area contributed by atoms with Gasteiger partial charge in [-0.05, 0) is 44.2 Å². The van der Waals surface area contributed by atoms with Crippen LogP contribution in [-0.4, -0.2) is 77.2 Å². The van der Waals surface area contributed by atoms with Crippen molar-refractivity contribution in [3.63, 3.8) is 0 Å². The number of ether oxygens (including phenoxy) is 2. The van der Waals surface area contributed by atoms with Crippen LogP contribution in [0.3, 0.4) is 0 Å². The molecule has 0 bridgehead atoms. The van der Waals surface area contributed by atoms with Crippen LogP contribution in [0.1, 0.15) is 11.1 Å². The highest BCUT2D eigenvalue weighted by Crippen LogP contribution is 2.38. The average Bonchev–Trinajstić information content (AvgIpc) is 2.83. The summed E-state index contributed by atoms with van der Waals surface area (Å²) in [7, 11) is 5.18. The molecule has 0 aliphatic carbocycles. The van der Waals surface area contributed by atoms with Gasteiger partial charge in [0.1, 0.15) is 17.1 Å². The van der Waals surface area contributed by atoms with Crippen molar-refractivity contribution in [1.82, 2.24) is 24.3 Å². The van der Waals surface area contributed by atoms with Gasteiger partial charge in [-0.1, -0.05) is 6.58 Å². The molecule has 3 heterocycles. The van der Waals surface area contributed by atoms with E-state index < -0.39 is 0 Å². The van der Waals surface area contributed by atoms with Gasteiger partial charge in [-0.2, -0.15) is 4.98 Å². The zero-order valence-corrected chi connectivity index (χ0v) is 21.4. The van der Waals surface area contributed by atoms with Crippen molar-refractivity contribution in [3.05, 3.63) is 52.5 Å². The minimum atomic E-state index is -0.187. The summed E-state index contributed by atoms with van der Waals surface area (Å²) >= 11 is 0. The highest BCUT2D eigenvalue weighted by molar-refractivity contribution is 5.87. The van der Waals surface area contributed by atoms with E-state index >= 15 is 0 Å². The van der Waals surface area contributed by atoms with Gasteiger partial charge in [0.2, 0.25) is 11.9 Å². The van der Waals surface area contributed by atoms with Crippen LogP contribution in [0.2, 0.25) is 0 Å². The second kappa shape index (κ2) is 9.98. The lowest BCUT2D eigenvalue weighted by Crippen LogP contribution is -2.60. The molecule has 1 aliphatic rings. The first-order valence-corrected chi connectivity index (χ1v) is 11.7.